The number of nitrogens with one attached hydrogen (secondary N) is 2. The summed E-state index contributed by atoms with van der Waals surface area (Å²) in [6, 6.07) is 13.3. The van der Waals surface area contributed by atoms with Gasteiger partial charge in [-0.05, 0) is 38.4 Å². The van der Waals surface area contributed by atoms with Crippen LogP contribution in [0.3, 0.4) is 0 Å². The zero-order chi connectivity index (χ0) is 23.3. The van der Waals surface area contributed by atoms with Crippen molar-refractivity contribution in [1.29, 1.82) is 0 Å². The summed E-state index contributed by atoms with van der Waals surface area (Å²) in [5.74, 6) is -0.0147. The molecule has 0 aliphatic carbocycles. The molecule has 1 saturated heterocycles. The average Bonchev–Trinajstić information content (AvgIpc) is 2.79. The van der Waals surface area contributed by atoms with Crippen LogP contribution < -0.4 is 15.4 Å². The van der Waals surface area contributed by atoms with Gasteiger partial charge in [0.2, 0.25) is 15.9 Å². The van der Waals surface area contributed by atoms with Gasteiger partial charge in [0.05, 0.1) is 24.6 Å². The molecule has 2 N–H and O–H groups in total. The van der Waals surface area contributed by atoms with Crippen LogP contribution in [-0.2, 0) is 14.8 Å². The van der Waals surface area contributed by atoms with Crippen LogP contribution in [0.4, 0.5) is 0 Å². The van der Waals surface area contributed by atoms with Gasteiger partial charge < -0.3 is 20.3 Å². The van der Waals surface area contributed by atoms with E-state index in [1.807, 2.05) is 43.3 Å². The van der Waals surface area contributed by atoms with Gasteiger partial charge in [-0.2, -0.15) is 4.31 Å². The van der Waals surface area contributed by atoms with Crippen molar-refractivity contribution in [3.05, 3.63) is 59.7 Å². The smallest absolute Gasteiger partial charge is 0.251 e. The Labute approximate surface area is 188 Å². The van der Waals surface area contributed by atoms with Crippen molar-refractivity contribution < 1.29 is 22.7 Å². The fourth-order valence-corrected chi connectivity index (χ4v) is 5.01. The summed E-state index contributed by atoms with van der Waals surface area (Å²) in [4.78, 5) is 26.4. The SMILES string of the molecule is COc1ccccc1[C@@H](CNC(=O)c1cccc(S(=O)(=O)N2CCNC(=O)C2)c1)N(C)C. The van der Waals surface area contributed by atoms with Gasteiger partial charge in [-0.1, -0.05) is 24.3 Å². The lowest BCUT2D eigenvalue weighted by molar-refractivity contribution is -0.122. The molecule has 0 bridgehead atoms. The summed E-state index contributed by atoms with van der Waals surface area (Å²) >= 11 is 0. The van der Waals surface area contributed by atoms with Crippen molar-refractivity contribution in [3.8, 4) is 5.75 Å². The highest BCUT2D eigenvalue weighted by Gasteiger charge is 2.29. The van der Waals surface area contributed by atoms with Gasteiger partial charge in [-0.3, -0.25) is 9.59 Å². The summed E-state index contributed by atoms with van der Waals surface area (Å²) in [5, 5.41) is 5.49. The minimum absolute atomic E-state index is 0.0197. The molecule has 0 spiro atoms. The Morgan fingerprint density at radius 1 is 1.22 bits per heavy atom. The van der Waals surface area contributed by atoms with E-state index in [-0.39, 0.29) is 47.9 Å². The number of sulfonamides is 1. The Morgan fingerprint density at radius 2 is 1.97 bits per heavy atom. The molecule has 2 amide bonds. The molecule has 1 aliphatic heterocycles. The maximum atomic E-state index is 12.9. The average molecular weight is 461 g/mol. The summed E-state index contributed by atoms with van der Waals surface area (Å²) in [6.45, 7) is 0.513. The van der Waals surface area contributed by atoms with Crippen LogP contribution in [-0.4, -0.2) is 76.8 Å². The Morgan fingerprint density at radius 3 is 2.66 bits per heavy atom. The van der Waals surface area contributed by atoms with E-state index in [0.717, 1.165) is 15.6 Å². The van der Waals surface area contributed by atoms with Crippen LogP contribution >= 0.6 is 0 Å². The maximum Gasteiger partial charge on any atom is 0.251 e. The van der Waals surface area contributed by atoms with Crippen molar-refractivity contribution >= 4 is 21.8 Å². The number of hydrogen-bond acceptors (Lipinski definition) is 6. The quantitative estimate of drug-likeness (QED) is 0.605. The first-order valence-electron chi connectivity index (χ1n) is 10.2. The highest BCUT2D eigenvalue weighted by molar-refractivity contribution is 7.89. The van der Waals surface area contributed by atoms with Gasteiger partial charge in [-0.25, -0.2) is 8.42 Å². The van der Waals surface area contributed by atoms with Crippen molar-refractivity contribution in [2.24, 2.45) is 0 Å². The van der Waals surface area contributed by atoms with E-state index >= 15 is 0 Å². The topological polar surface area (TPSA) is 108 Å². The standard InChI is InChI=1S/C22H28N4O5S/c1-25(2)19(18-9-4-5-10-20(18)31-3)14-24-22(28)16-7-6-8-17(13-16)32(29,30)26-12-11-23-21(27)15-26/h4-10,13,19H,11-12,14-15H2,1-3H3,(H,23,27)(H,24,28)/t19-/m1/s1. The van der Waals surface area contributed by atoms with Gasteiger partial charge in [0.1, 0.15) is 5.75 Å². The predicted molar refractivity (Wildman–Crippen MR) is 120 cm³/mol. The van der Waals surface area contributed by atoms with E-state index in [1.54, 1.807) is 13.2 Å². The van der Waals surface area contributed by atoms with Crippen LogP contribution in [0.1, 0.15) is 22.0 Å². The third kappa shape index (κ3) is 5.26. The zero-order valence-corrected chi connectivity index (χ0v) is 19.2. The summed E-state index contributed by atoms with van der Waals surface area (Å²) in [6.07, 6.45) is 0. The van der Waals surface area contributed by atoms with E-state index in [2.05, 4.69) is 10.6 Å². The largest absolute Gasteiger partial charge is 0.496 e. The number of piperazine rings is 1. The van der Waals surface area contributed by atoms with Crippen LogP contribution in [0.15, 0.2) is 53.4 Å². The van der Waals surface area contributed by atoms with Crippen molar-refractivity contribution in [1.82, 2.24) is 19.8 Å². The minimum Gasteiger partial charge on any atom is -0.496 e. The fourth-order valence-electron chi connectivity index (χ4n) is 3.57. The molecular weight excluding hydrogens is 432 g/mol. The van der Waals surface area contributed by atoms with Crippen LogP contribution in [0.5, 0.6) is 5.75 Å². The lowest BCUT2D eigenvalue weighted by Crippen LogP contribution is -2.49. The molecule has 1 atom stereocenters. The van der Waals surface area contributed by atoms with Gasteiger partial charge in [-0.15, -0.1) is 0 Å². The predicted octanol–water partition coefficient (Wildman–Crippen LogP) is 0.848. The molecule has 0 aromatic heterocycles. The normalized spacial score (nSPS) is 15.8. The summed E-state index contributed by atoms with van der Waals surface area (Å²) < 4.78 is 32.4. The van der Waals surface area contributed by atoms with Gasteiger partial charge >= 0.3 is 0 Å². The first kappa shape index (κ1) is 23.7. The van der Waals surface area contributed by atoms with Gasteiger partial charge in [0, 0.05) is 30.8 Å². The Hall–Kier alpha value is -2.95. The Kier molecular flexibility index (Phi) is 7.49. The molecule has 10 heteroatoms. The number of carbonyl (C=O) groups excluding carboxylic acids is 2. The maximum absolute atomic E-state index is 12.9. The van der Waals surface area contributed by atoms with Crippen LogP contribution in [0.2, 0.25) is 0 Å². The molecule has 32 heavy (non-hydrogen) atoms. The molecule has 1 aliphatic rings. The number of likely N-dealkylation sites (N-methyl/N-ethyl adjacent to an activating group) is 1. The third-order valence-electron chi connectivity index (χ3n) is 5.31. The van der Waals surface area contributed by atoms with Crippen LogP contribution in [0.25, 0.3) is 0 Å². The number of carbonyl (C=O) groups is 2. The second-order valence-electron chi connectivity index (χ2n) is 7.65. The number of hydrogen-bond donors (Lipinski definition) is 2. The van der Waals surface area contributed by atoms with E-state index in [4.69, 9.17) is 4.74 Å². The Bertz CT molecular complexity index is 1090. The lowest BCUT2D eigenvalue weighted by Gasteiger charge is -2.27. The molecule has 9 nitrogen and oxygen atoms in total. The van der Waals surface area contributed by atoms with E-state index in [1.165, 1.54) is 18.2 Å². The second kappa shape index (κ2) is 10.1. The molecule has 3 rings (SSSR count). The number of amides is 2. The van der Waals surface area contributed by atoms with Gasteiger partial charge in [0.25, 0.3) is 5.91 Å². The van der Waals surface area contributed by atoms with Gasteiger partial charge in [0.15, 0.2) is 0 Å². The lowest BCUT2D eigenvalue weighted by atomic mass is 10.0. The number of ether oxygens (including phenoxy) is 1. The van der Waals surface area contributed by atoms with Crippen molar-refractivity contribution in [3.63, 3.8) is 0 Å². The second-order valence-corrected chi connectivity index (χ2v) is 9.59. The molecule has 172 valence electrons. The Balaban J connectivity index is 1.76. The summed E-state index contributed by atoms with van der Waals surface area (Å²) in [5.41, 5.74) is 1.16. The molecule has 2 aromatic rings. The molecule has 0 saturated carbocycles. The zero-order valence-electron chi connectivity index (χ0n) is 18.4. The number of methoxy groups -OCH3 is 1. The molecule has 0 unspecified atom stereocenters. The van der Waals surface area contributed by atoms with Crippen molar-refractivity contribution in [2.45, 2.75) is 10.9 Å². The number of nitrogens with zero attached hydrogens (tertiary/aromatic N) is 2. The first-order valence-corrected chi connectivity index (χ1v) is 11.6. The molecule has 1 fully saturated rings. The van der Waals surface area contributed by atoms with E-state index < -0.39 is 10.0 Å². The monoisotopic (exact) mass is 460 g/mol. The van der Waals surface area contributed by atoms with Crippen molar-refractivity contribution in [2.75, 3.05) is 47.4 Å². The number of benzene rings is 2. The molecule has 2 aromatic carbocycles. The first-order chi connectivity index (χ1) is 15.2. The minimum atomic E-state index is -3.88. The highest BCUT2D eigenvalue weighted by Crippen LogP contribution is 2.27. The number of rotatable bonds is 8. The summed E-state index contributed by atoms with van der Waals surface area (Å²) in [7, 11) is 1.54. The fraction of sp³-hybridized carbons (Fsp3) is 0.364. The van der Waals surface area contributed by atoms with E-state index in [0.29, 0.717) is 6.54 Å². The third-order valence-corrected chi connectivity index (χ3v) is 7.16. The molecular formula is C22H28N4O5S. The molecule has 1 heterocycles. The molecule has 0 radical (unpaired) electrons. The van der Waals surface area contributed by atoms with Crippen LogP contribution in [0, 0.1) is 0 Å². The number of para-hydroxylation sites is 1. The van der Waals surface area contributed by atoms with E-state index in [9.17, 15) is 18.0 Å². The highest BCUT2D eigenvalue weighted by atomic mass is 32.2.